The van der Waals surface area contributed by atoms with Crippen LogP contribution in [0.1, 0.15) is 25.7 Å². The number of anilines is 1. The number of amides is 3. The Kier molecular flexibility index (Phi) is 6.34. The van der Waals surface area contributed by atoms with E-state index in [0.717, 1.165) is 38.9 Å². The molecule has 2 fully saturated rings. The molecule has 152 valence electrons. The Labute approximate surface area is 166 Å². The normalized spacial score (nSPS) is 19.2. The Morgan fingerprint density at radius 3 is 2.43 bits per heavy atom. The Morgan fingerprint density at radius 2 is 1.79 bits per heavy atom. The first kappa shape index (κ1) is 20.3. The van der Waals surface area contributed by atoms with Crippen molar-refractivity contribution in [1.82, 2.24) is 14.7 Å². The van der Waals surface area contributed by atoms with Crippen LogP contribution in [0, 0.1) is 5.41 Å². The molecule has 1 N–H and O–H groups in total. The third-order valence-corrected chi connectivity index (χ3v) is 5.90. The predicted octanol–water partition coefficient (Wildman–Crippen LogP) is 1.42. The van der Waals surface area contributed by atoms with Crippen molar-refractivity contribution in [3.05, 3.63) is 30.3 Å². The third-order valence-electron chi connectivity index (χ3n) is 5.90. The van der Waals surface area contributed by atoms with Gasteiger partial charge in [0, 0.05) is 44.8 Å². The van der Waals surface area contributed by atoms with Crippen LogP contribution in [0.3, 0.4) is 0 Å². The molecule has 0 bridgehead atoms. The number of hydrogen-bond donors (Lipinski definition) is 1. The first-order valence-electron chi connectivity index (χ1n) is 9.96. The standard InChI is InChI=1S/C21H30N4O3/c1-23(2)14-15-25-16-21(9-8-18(25)26)10-12-24(13-11-21)20(28)19(27)22-17-6-4-3-5-7-17/h3-7H,8-16H2,1-2H3,(H,22,27). The van der Waals surface area contributed by atoms with Crippen LogP contribution in [-0.2, 0) is 14.4 Å². The van der Waals surface area contributed by atoms with Crippen molar-refractivity contribution in [1.29, 1.82) is 0 Å². The molecule has 0 unspecified atom stereocenters. The number of para-hydroxylation sites is 1. The summed E-state index contributed by atoms with van der Waals surface area (Å²) >= 11 is 0. The fourth-order valence-electron chi connectivity index (χ4n) is 4.07. The van der Waals surface area contributed by atoms with E-state index in [4.69, 9.17) is 0 Å². The van der Waals surface area contributed by atoms with Gasteiger partial charge in [-0.3, -0.25) is 14.4 Å². The van der Waals surface area contributed by atoms with E-state index in [1.165, 1.54) is 0 Å². The third kappa shape index (κ3) is 4.90. The molecule has 2 heterocycles. The molecule has 3 rings (SSSR count). The largest absolute Gasteiger partial charge is 0.341 e. The minimum Gasteiger partial charge on any atom is -0.341 e. The van der Waals surface area contributed by atoms with Gasteiger partial charge in [-0.05, 0) is 50.9 Å². The average molecular weight is 386 g/mol. The number of benzene rings is 1. The van der Waals surface area contributed by atoms with Crippen molar-refractivity contribution in [2.24, 2.45) is 5.41 Å². The number of likely N-dealkylation sites (tertiary alicyclic amines) is 2. The van der Waals surface area contributed by atoms with Crippen LogP contribution in [0.15, 0.2) is 30.3 Å². The lowest BCUT2D eigenvalue weighted by atomic mass is 9.72. The highest BCUT2D eigenvalue weighted by Gasteiger charge is 2.42. The number of hydrogen-bond acceptors (Lipinski definition) is 4. The van der Waals surface area contributed by atoms with Crippen LogP contribution in [0.4, 0.5) is 5.69 Å². The number of piperidine rings is 2. The number of likely N-dealkylation sites (N-methyl/N-ethyl adjacent to an activating group) is 1. The van der Waals surface area contributed by atoms with Gasteiger partial charge in [0.05, 0.1) is 0 Å². The van der Waals surface area contributed by atoms with Gasteiger partial charge in [-0.15, -0.1) is 0 Å². The van der Waals surface area contributed by atoms with Gasteiger partial charge in [0.15, 0.2) is 0 Å². The van der Waals surface area contributed by atoms with Crippen molar-refractivity contribution in [3.8, 4) is 0 Å². The van der Waals surface area contributed by atoms with Gasteiger partial charge in [-0.2, -0.15) is 0 Å². The second kappa shape index (κ2) is 8.73. The van der Waals surface area contributed by atoms with Crippen molar-refractivity contribution < 1.29 is 14.4 Å². The fraction of sp³-hybridized carbons (Fsp3) is 0.571. The van der Waals surface area contributed by atoms with Crippen LogP contribution in [-0.4, -0.2) is 79.2 Å². The highest BCUT2D eigenvalue weighted by atomic mass is 16.2. The number of rotatable bonds is 4. The van der Waals surface area contributed by atoms with Crippen LogP contribution in [0.25, 0.3) is 0 Å². The first-order valence-corrected chi connectivity index (χ1v) is 9.96. The summed E-state index contributed by atoms with van der Waals surface area (Å²) in [6.45, 7) is 3.49. The predicted molar refractivity (Wildman–Crippen MR) is 108 cm³/mol. The molecule has 0 radical (unpaired) electrons. The zero-order valence-electron chi connectivity index (χ0n) is 16.8. The lowest BCUT2D eigenvalue weighted by Gasteiger charge is -2.47. The van der Waals surface area contributed by atoms with E-state index in [0.29, 0.717) is 25.2 Å². The van der Waals surface area contributed by atoms with Gasteiger partial charge in [0.1, 0.15) is 0 Å². The molecule has 2 aliphatic rings. The molecule has 0 aromatic heterocycles. The quantitative estimate of drug-likeness (QED) is 0.795. The number of carbonyl (C=O) groups excluding carboxylic acids is 3. The summed E-state index contributed by atoms with van der Waals surface area (Å²) in [6.07, 6.45) is 3.13. The summed E-state index contributed by atoms with van der Waals surface area (Å²) in [5.74, 6) is -0.836. The molecule has 1 spiro atoms. The Balaban J connectivity index is 1.53. The smallest absolute Gasteiger partial charge is 0.313 e. The molecule has 3 amide bonds. The molecule has 0 atom stereocenters. The van der Waals surface area contributed by atoms with Crippen molar-refractivity contribution in [2.45, 2.75) is 25.7 Å². The van der Waals surface area contributed by atoms with E-state index in [1.807, 2.05) is 37.2 Å². The molecule has 7 heteroatoms. The maximum absolute atomic E-state index is 12.5. The van der Waals surface area contributed by atoms with E-state index < -0.39 is 11.8 Å². The summed E-state index contributed by atoms with van der Waals surface area (Å²) in [5.41, 5.74) is 0.698. The van der Waals surface area contributed by atoms with E-state index in [9.17, 15) is 14.4 Å². The van der Waals surface area contributed by atoms with Crippen molar-refractivity contribution in [2.75, 3.05) is 52.1 Å². The molecule has 0 aliphatic carbocycles. The van der Waals surface area contributed by atoms with Gasteiger partial charge < -0.3 is 20.0 Å². The molecular formula is C21H30N4O3. The summed E-state index contributed by atoms with van der Waals surface area (Å²) < 4.78 is 0. The molecular weight excluding hydrogens is 356 g/mol. The Morgan fingerprint density at radius 1 is 1.11 bits per heavy atom. The van der Waals surface area contributed by atoms with E-state index in [1.54, 1.807) is 17.0 Å². The molecule has 1 aromatic rings. The summed E-state index contributed by atoms with van der Waals surface area (Å²) in [5, 5.41) is 2.66. The minimum absolute atomic E-state index is 0.0763. The van der Waals surface area contributed by atoms with Crippen LogP contribution < -0.4 is 5.32 Å². The highest BCUT2D eigenvalue weighted by Crippen LogP contribution is 2.40. The zero-order chi connectivity index (χ0) is 20.1. The second-order valence-electron chi connectivity index (χ2n) is 8.23. The molecule has 2 saturated heterocycles. The van der Waals surface area contributed by atoms with Crippen LogP contribution in [0.5, 0.6) is 0 Å². The van der Waals surface area contributed by atoms with Gasteiger partial charge in [0.2, 0.25) is 5.91 Å². The lowest BCUT2D eigenvalue weighted by molar-refractivity contribution is -0.147. The Bertz CT molecular complexity index is 712. The molecule has 7 nitrogen and oxygen atoms in total. The van der Waals surface area contributed by atoms with Gasteiger partial charge >= 0.3 is 11.8 Å². The highest BCUT2D eigenvalue weighted by molar-refractivity contribution is 6.39. The SMILES string of the molecule is CN(C)CCN1CC2(CCC1=O)CCN(C(=O)C(=O)Nc1ccccc1)CC2. The number of carbonyl (C=O) groups is 3. The lowest BCUT2D eigenvalue weighted by Crippen LogP contribution is -2.54. The maximum Gasteiger partial charge on any atom is 0.313 e. The van der Waals surface area contributed by atoms with Crippen molar-refractivity contribution >= 4 is 23.4 Å². The topological polar surface area (TPSA) is 73.0 Å². The van der Waals surface area contributed by atoms with Gasteiger partial charge in [-0.25, -0.2) is 0 Å². The average Bonchev–Trinajstić information content (AvgIpc) is 2.69. The van der Waals surface area contributed by atoms with E-state index >= 15 is 0 Å². The van der Waals surface area contributed by atoms with E-state index in [2.05, 4.69) is 10.2 Å². The van der Waals surface area contributed by atoms with Gasteiger partial charge in [0.25, 0.3) is 0 Å². The molecule has 0 saturated carbocycles. The monoisotopic (exact) mass is 386 g/mol. The second-order valence-corrected chi connectivity index (χ2v) is 8.23. The van der Waals surface area contributed by atoms with E-state index in [-0.39, 0.29) is 11.3 Å². The maximum atomic E-state index is 12.5. The number of nitrogens with one attached hydrogen (secondary N) is 1. The molecule has 28 heavy (non-hydrogen) atoms. The molecule has 1 aromatic carbocycles. The minimum atomic E-state index is -0.589. The van der Waals surface area contributed by atoms with Crippen LogP contribution in [0.2, 0.25) is 0 Å². The molecule has 2 aliphatic heterocycles. The summed E-state index contributed by atoms with van der Waals surface area (Å²) in [4.78, 5) is 42.7. The van der Waals surface area contributed by atoms with Gasteiger partial charge in [-0.1, -0.05) is 18.2 Å². The summed E-state index contributed by atoms with van der Waals surface area (Å²) in [6, 6.07) is 9.02. The Hall–Kier alpha value is -2.41. The first-order chi connectivity index (χ1) is 13.4. The van der Waals surface area contributed by atoms with Crippen LogP contribution >= 0.6 is 0 Å². The fourth-order valence-corrected chi connectivity index (χ4v) is 4.07. The summed E-state index contributed by atoms with van der Waals surface area (Å²) in [7, 11) is 4.02. The number of nitrogens with zero attached hydrogens (tertiary/aromatic N) is 3. The zero-order valence-corrected chi connectivity index (χ0v) is 16.8. The van der Waals surface area contributed by atoms with Crippen molar-refractivity contribution in [3.63, 3.8) is 0 Å².